The van der Waals surface area contributed by atoms with Gasteiger partial charge in [0.25, 0.3) is 5.91 Å². The second-order valence-electron chi connectivity index (χ2n) is 5.84. The van der Waals surface area contributed by atoms with Crippen molar-refractivity contribution in [2.75, 3.05) is 0 Å². The van der Waals surface area contributed by atoms with E-state index >= 15 is 0 Å². The number of phenols is 2. The first kappa shape index (κ1) is 14.3. The molecule has 0 bridgehead atoms. The topological polar surface area (TPSA) is 69.6 Å². The van der Waals surface area contributed by atoms with Crippen molar-refractivity contribution in [1.82, 2.24) is 5.32 Å². The molecule has 0 atom stereocenters. The van der Waals surface area contributed by atoms with Crippen LogP contribution in [-0.2, 0) is 5.54 Å². The Morgan fingerprint density at radius 2 is 1.21 bits per heavy atom. The molecule has 1 aliphatic rings. The van der Waals surface area contributed by atoms with Crippen LogP contribution < -0.4 is 5.32 Å². The highest BCUT2D eigenvalue weighted by Crippen LogP contribution is 2.43. The molecule has 1 aliphatic heterocycles. The molecule has 24 heavy (non-hydrogen) atoms. The van der Waals surface area contributed by atoms with E-state index in [1.807, 2.05) is 18.2 Å². The standard InChI is InChI=1S/C20H15NO3/c22-15-9-5-13(6-10-15)20(14-7-11-16(23)12-8-14)18-4-2-1-3-17(18)19(24)21-20/h1-12,22-23H,(H,21,24). The third-order valence-corrected chi connectivity index (χ3v) is 4.48. The number of hydrogen-bond acceptors (Lipinski definition) is 3. The number of aromatic hydroxyl groups is 2. The van der Waals surface area contributed by atoms with Crippen molar-refractivity contribution in [2.24, 2.45) is 0 Å². The molecule has 0 unspecified atom stereocenters. The zero-order valence-corrected chi connectivity index (χ0v) is 12.7. The minimum absolute atomic E-state index is 0.147. The van der Waals surface area contributed by atoms with E-state index in [-0.39, 0.29) is 17.4 Å². The van der Waals surface area contributed by atoms with Gasteiger partial charge < -0.3 is 15.5 Å². The predicted molar refractivity (Wildman–Crippen MR) is 90.0 cm³/mol. The van der Waals surface area contributed by atoms with E-state index in [1.165, 1.54) is 0 Å². The van der Waals surface area contributed by atoms with Gasteiger partial charge in [0.1, 0.15) is 17.0 Å². The molecule has 3 aromatic carbocycles. The van der Waals surface area contributed by atoms with E-state index in [0.29, 0.717) is 5.56 Å². The second kappa shape index (κ2) is 5.13. The van der Waals surface area contributed by atoms with E-state index in [1.54, 1.807) is 54.6 Å². The van der Waals surface area contributed by atoms with Crippen molar-refractivity contribution in [3.63, 3.8) is 0 Å². The predicted octanol–water partition coefficient (Wildman–Crippen LogP) is 3.13. The summed E-state index contributed by atoms with van der Waals surface area (Å²) in [4.78, 5) is 12.6. The Balaban J connectivity index is 2.03. The number of carbonyl (C=O) groups excluding carboxylic acids is 1. The van der Waals surface area contributed by atoms with Crippen LogP contribution in [0.25, 0.3) is 0 Å². The molecule has 0 radical (unpaired) electrons. The van der Waals surface area contributed by atoms with Gasteiger partial charge in [-0.2, -0.15) is 0 Å². The van der Waals surface area contributed by atoms with Gasteiger partial charge in [-0.25, -0.2) is 0 Å². The quantitative estimate of drug-likeness (QED) is 0.680. The lowest BCUT2D eigenvalue weighted by atomic mass is 9.78. The van der Waals surface area contributed by atoms with Crippen LogP contribution >= 0.6 is 0 Å². The van der Waals surface area contributed by atoms with Crippen LogP contribution in [0.1, 0.15) is 27.0 Å². The Bertz CT molecular complexity index is 869. The van der Waals surface area contributed by atoms with E-state index < -0.39 is 5.54 Å². The SMILES string of the molecule is O=C1NC(c2ccc(O)cc2)(c2ccc(O)cc2)c2ccccc21. The number of hydrogen-bond donors (Lipinski definition) is 3. The van der Waals surface area contributed by atoms with Crippen molar-refractivity contribution in [3.8, 4) is 11.5 Å². The summed E-state index contributed by atoms with van der Waals surface area (Å²) in [5, 5.41) is 22.3. The molecular weight excluding hydrogens is 302 g/mol. The molecule has 4 nitrogen and oxygen atoms in total. The summed E-state index contributed by atoms with van der Waals surface area (Å²) in [6, 6.07) is 21.0. The van der Waals surface area contributed by atoms with Crippen molar-refractivity contribution in [2.45, 2.75) is 5.54 Å². The fraction of sp³-hybridized carbons (Fsp3) is 0.0500. The molecule has 1 heterocycles. The van der Waals surface area contributed by atoms with Gasteiger partial charge in [0.2, 0.25) is 0 Å². The molecule has 0 aliphatic carbocycles. The maximum atomic E-state index is 12.6. The average Bonchev–Trinajstić information content (AvgIpc) is 2.91. The minimum Gasteiger partial charge on any atom is -0.508 e. The van der Waals surface area contributed by atoms with Crippen molar-refractivity contribution in [1.29, 1.82) is 0 Å². The highest BCUT2D eigenvalue weighted by molar-refractivity contribution is 6.01. The Kier molecular flexibility index (Phi) is 3.06. The minimum atomic E-state index is -0.852. The third-order valence-electron chi connectivity index (χ3n) is 4.48. The zero-order valence-electron chi connectivity index (χ0n) is 12.7. The van der Waals surface area contributed by atoms with E-state index in [2.05, 4.69) is 5.32 Å². The van der Waals surface area contributed by atoms with Crippen LogP contribution in [0, 0.1) is 0 Å². The van der Waals surface area contributed by atoms with Gasteiger partial charge in [-0.05, 0) is 47.0 Å². The Morgan fingerprint density at radius 1 is 0.708 bits per heavy atom. The van der Waals surface area contributed by atoms with Crippen LogP contribution in [0.3, 0.4) is 0 Å². The molecule has 3 aromatic rings. The fourth-order valence-electron chi connectivity index (χ4n) is 3.36. The van der Waals surface area contributed by atoms with Gasteiger partial charge in [-0.1, -0.05) is 42.5 Å². The number of benzene rings is 3. The number of nitrogens with one attached hydrogen (secondary N) is 1. The molecule has 4 heteroatoms. The van der Waals surface area contributed by atoms with Crippen molar-refractivity contribution in [3.05, 3.63) is 95.1 Å². The van der Waals surface area contributed by atoms with Crippen molar-refractivity contribution >= 4 is 5.91 Å². The first-order valence-corrected chi connectivity index (χ1v) is 7.62. The van der Waals surface area contributed by atoms with Crippen LogP contribution in [0.2, 0.25) is 0 Å². The molecule has 118 valence electrons. The first-order chi connectivity index (χ1) is 11.6. The molecule has 0 fully saturated rings. The molecule has 4 rings (SSSR count). The summed E-state index contributed by atoms with van der Waals surface area (Å²) < 4.78 is 0. The molecule has 0 aromatic heterocycles. The fourth-order valence-corrected chi connectivity index (χ4v) is 3.36. The molecule has 1 amide bonds. The lowest BCUT2D eigenvalue weighted by Gasteiger charge is -2.32. The highest BCUT2D eigenvalue weighted by atomic mass is 16.3. The van der Waals surface area contributed by atoms with Gasteiger partial charge in [0.05, 0.1) is 0 Å². The normalized spacial score (nSPS) is 14.9. The Labute approximate surface area is 139 Å². The van der Waals surface area contributed by atoms with Crippen LogP contribution in [0.5, 0.6) is 11.5 Å². The Hall–Kier alpha value is -3.27. The van der Waals surface area contributed by atoms with Crippen molar-refractivity contribution < 1.29 is 15.0 Å². The number of rotatable bonds is 2. The molecule has 3 N–H and O–H groups in total. The van der Waals surface area contributed by atoms with Crippen LogP contribution in [-0.4, -0.2) is 16.1 Å². The first-order valence-electron chi connectivity index (χ1n) is 7.62. The van der Waals surface area contributed by atoms with E-state index in [9.17, 15) is 15.0 Å². The number of phenolic OH excluding ortho intramolecular Hbond substituents is 2. The molecule has 0 saturated heterocycles. The maximum Gasteiger partial charge on any atom is 0.252 e. The van der Waals surface area contributed by atoms with Gasteiger partial charge in [0.15, 0.2) is 0 Å². The summed E-state index contributed by atoms with van der Waals surface area (Å²) in [6.07, 6.45) is 0. The smallest absolute Gasteiger partial charge is 0.252 e. The number of amides is 1. The monoisotopic (exact) mass is 317 g/mol. The average molecular weight is 317 g/mol. The summed E-state index contributed by atoms with van der Waals surface area (Å²) in [6.45, 7) is 0. The molecule has 0 saturated carbocycles. The summed E-state index contributed by atoms with van der Waals surface area (Å²) >= 11 is 0. The second-order valence-corrected chi connectivity index (χ2v) is 5.84. The summed E-state index contributed by atoms with van der Waals surface area (Å²) in [7, 11) is 0. The van der Waals surface area contributed by atoms with E-state index in [0.717, 1.165) is 16.7 Å². The van der Waals surface area contributed by atoms with Crippen LogP contribution in [0.4, 0.5) is 0 Å². The van der Waals surface area contributed by atoms with Crippen LogP contribution in [0.15, 0.2) is 72.8 Å². The van der Waals surface area contributed by atoms with Gasteiger partial charge in [-0.15, -0.1) is 0 Å². The van der Waals surface area contributed by atoms with E-state index in [4.69, 9.17) is 0 Å². The van der Waals surface area contributed by atoms with Gasteiger partial charge in [-0.3, -0.25) is 4.79 Å². The Morgan fingerprint density at radius 3 is 1.75 bits per heavy atom. The van der Waals surface area contributed by atoms with Gasteiger partial charge >= 0.3 is 0 Å². The lowest BCUT2D eigenvalue weighted by molar-refractivity contribution is 0.0948. The lowest BCUT2D eigenvalue weighted by Crippen LogP contribution is -2.41. The zero-order chi connectivity index (χ0) is 16.7. The van der Waals surface area contributed by atoms with Gasteiger partial charge in [0, 0.05) is 5.56 Å². The maximum absolute atomic E-state index is 12.6. The highest BCUT2D eigenvalue weighted by Gasteiger charge is 2.45. The largest absolute Gasteiger partial charge is 0.508 e. The third kappa shape index (κ3) is 1.97. The number of carbonyl (C=O) groups is 1. The molecule has 0 spiro atoms. The summed E-state index contributed by atoms with van der Waals surface area (Å²) in [5.74, 6) is 0.182. The number of fused-ring (bicyclic) bond motifs is 1. The molecular formula is C20H15NO3. The summed E-state index contributed by atoms with van der Waals surface area (Å²) in [5.41, 5.74) is 2.30.